The summed E-state index contributed by atoms with van der Waals surface area (Å²) in [5.74, 6) is -0.782. The average Bonchev–Trinajstić information content (AvgIpc) is 2.38. The van der Waals surface area contributed by atoms with Crippen LogP contribution in [-0.4, -0.2) is 25.8 Å². The van der Waals surface area contributed by atoms with Crippen molar-refractivity contribution in [2.45, 2.75) is 45.2 Å². The summed E-state index contributed by atoms with van der Waals surface area (Å²) in [6.45, 7) is 7.61. The van der Waals surface area contributed by atoms with Gasteiger partial charge in [-0.3, -0.25) is 0 Å². The minimum Gasteiger partial charge on any atom is -0.326 e. The first-order valence-electron chi connectivity index (χ1n) is 6.59. The lowest BCUT2D eigenvalue weighted by Crippen LogP contribution is -2.42. The Kier molecular flexibility index (Phi) is 5.42. The molecule has 1 unspecified atom stereocenters. The van der Waals surface area contributed by atoms with Crippen LogP contribution in [0, 0.1) is 11.2 Å². The third-order valence-corrected chi connectivity index (χ3v) is 6.10. The van der Waals surface area contributed by atoms with Gasteiger partial charge in [-0.2, -0.15) is 4.31 Å². The fourth-order valence-corrected chi connectivity index (χ4v) is 3.63. The highest BCUT2D eigenvalue weighted by molar-refractivity contribution is 7.89. The first kappa shape index (κ1) is 18.4. The smallest absolute Gasteiger partial charge is 0.243 e. The van der Waals surface area contributed by atoms with Crippen molar-refractivity contribution >= 4 is 21.6 Å². The number of halogens is 2. The molecule has 4 nitrogen and oxygen atoms in total. The van der Waals surface area contributed by atoms with E-state index in [1.165, 1.54) is 17.4 Å². The van der Waals surface area contributed by atoms with Crippen molar-refractivity contribution in [2.75, 3.05) is 7.05 Å². The Morgan fingerprint density at radius 1 is 1.38 bits per heavy atom. The van der Waals surface area contributed by atoms with Crippen molar-refractivity contribution < 1.29 is 12.8 Å². The summed E-state index contributed by atoms with van der Waals surface area (Å²) in [5.41, 5.74) is 5.50. The molecule has 0 heterocycles. The van der Waals surface area contributed by atoms with Crippen LogP contribution in [0.1, 0.15) is 33.3 Å². The Labute approximate surface area is 131 Å². The number of nitrogens with two attached hydrogens (primary N) is 1. The first-order valence-corrected chi connectivity index (χ1v) is 8.40. The third-order valence-electron chi connectivity index (χ3n) is 3.77. The molecule has 0 saturated carbocycles. The van der Waals surface area contributed by atoms with Gasteiger partial charge < -0.3 is 5.73 Å². The van der Waals surface area contributed by atoms with E-state index in [4.69, 9.17) is 17.3 Å². The molecule has 0 saturated heterocycles. The molecule has 0 aliphatic carbocycles. The van der Waals surface area contributed by atoms with Crippen molar-refractivity contribution in [3.63, 3.8) is 0 Å². The second kappa shape index (κ2) is 6.20. The van der Waals surface area contributed by atoms with E-state index in [0.29, 0.717) is 0 Å². The van der Waals surface area contributed by atoms with Crippen LogP contribution < -0.4 is 5.73 Å². The van der Waals surface area contributed by atoms with Gasteiger partial charge in [0, 0.05) is 19.6 Å². The molecule has 120 valence electrons. The van der Waals surface area contributed by atoms with Crippen LogP contribution >= 0.6 is 11.6 Å². The van der Waals surface area contributed by atoms with Crippen LogP contribution in [0.3, 0.4) is 0 Å². The van der Waals surface area contributed by atoms with Gasteiger partial charge in [0.05, 0.1) is 9.92 Å². The lowest BCUT2D eigenvalue weighted by Gasteiger charge is -2.34. The molecule has 0 fully saturated rings. The molecule has 0 spiro atoms. The largest absolute Gasteiger partial charge is 0.326 e. The van der Waals surface area contributed by atoms with E-state index in [1.54, 1.807) is 0 Å². The molecule has 7 heteroatoms. The molecular formula is C14H22ClFN2O2S. The lowest BCUT2D eigenvalue weighted by molar-refractivity contribution is 0.216. The maximum absolute atomic E-state index is 13.8. The fourth-order valence-electron chi connectivity index (χ4n) is 1.84. The Balaban J connectivity index is 3.35. The summed E-state index contributed by atoms with van der Waals surface area (Å²) >= 11 is 5.77. The van der Waals surface area contributed by atoms with Crippen molar-refractivity contribution in [3.8, 4) is 0 Å². The van der Waals surface area contributed by atoms with E-state index in [-0.39, 0.29) is 33.5 Å². The lowest BCUT2D eigenvalue weighted by atomic mass is 9.88. The third kappa shape index (κ3) is 3.74. The molecular weight excluding hydrogens is 315 g/mol. The molecule has 0 aliphatic heterocycles. The fraction of sp³-hybridized carbons (Fsp3) is 0.571. The Bertz CT molecular complexity index is 627. The van der Waals surface area contributed by atoms with E-state index >= 15 is 0 Å². The van der Waals surface area contributed by atoms with E-state index < -0.39 is 15.8 Å². The molecule has 1 rings (SSSR count). The molecule has 1 atom stereocenters. The molecule has 21 heavy (non-hydrogen) atoms. The molecule has 2 N–H and O–H groups in total. The average molecular weight is 337 g/mol. The summed E-state index contributed by atoms with van der Waals surface area (Å²) in [4.78, 5) is -0.136. The number of sulfonamides is 1. The number of nitrogens with zero attached hydrogens (tertiary/aromatic N) is 1. The van der Waals surface area contributed by atoms with Crippen molar-refractivity contribution in [1.29, 1.82) is 0 Å². The highest BCUT2D eigenvalue weighted by atomic mass is 35.5. The zero-order valence-corrected chi connectivity index (χ0v) is 14.5. The predicted octanol–water partition coefficient (Wildman–Crippen LogP) is 2.99. The minimum atomic E-state index is -3.81. The number of rotatable bonds is 4. The second-order valence-corrected chi connectivity index (χ2v) is 8.52. The first-order chi connectivity index (χ1) is 9.42. The van der Waals surface area contributed by atoms with Gasteiger partial charge in [-0.15, -0.1) is 0 Å². The van der Waals surface area contributed by atoms with Gasteiger partial charge in [0.15, 0.2) is 0 Å². The van der Waals surface area contributed by atoms with Gasteiger partial charge in [0.25, 0.3) is 0 Å². The van der Waals surface area contributed by atoms with Gasteiger partial charge in [0.1, 0.15) is 5.82 Å². The van der Waals surface area contributed by atoms with Gasteiger partial charge in [-0.1, -0.05) is 32.4 Å². The maximum atomic E-state index is 13.8. The summed E-state index contributed by atoms with van der Waals surface area (Å²) in [6, 6.07) is 2.00. The zero-order valence-electron chi connectivity index (χ0n) is 12.9. The maximum Gasteiger partial charge on any atom is 0.243 e. The van der Waals surface area contributed by atoms with E-state index in [1.807, 2.05) is 27.7 Å². The molecule has 1 aromatic carbocycles. The van der Waals surface area contributed by atoms with Gasteiger partial charge in [-0.05, 0) is 30.0 Å². The quantitative estimate of drug-likeness (QED) is 0.919. The molecule has 0 amide bonds. The van der Waals surface area contributed by atoms with Crippen LogP contribution in [0.2, 0.25) is 5.02 Å². The molecule has 1 aromatic rings. The Morgan fingerprint density at radius 3 is 2.33 bits per heavy atom. The van der Waals surface area contributed by atoms with Crippen LogP contribution in [0.4, 0.5) is 4.39 Å². The molecule has 0 bridgehead atoms. The second-order valence-electron chi connectivity index (χ2n) is 6.15. The molecule has 0 aromatic heterocycles. The van der Waals surface area contributed by atoms with Gasteiger partial charge in [-0.25, -0.2) is 12.8 Å². The number of hydrogen-bond acceptors (Lipinski definition) is 3. The van der Waals surface area contributed by atoms with Crippen molar-refractivity contribution in [3.05, 3.63) is 28.5 Å². The van der Waals surface area contributed by atoms with Crippen molar-refractivity contribution in [2.24, 2.45) is 11.1 Å². The minimum absolute atomic E-state index is 0.0301. The summed E-state index contributed by atoms with van der Waals surface area (Å²) < 4.78 is 40.3. The standard InChI is InChI=1S/C14H22ClFN2O2S/c1-9(14(2,3)4)18(5)21(19,20)11-6-10(8-17)13(15)12(16)7-11/h6-7,9H,8,17H2,1-5H3. The summed E-state index contributed by atoms with van der Waals surface area (Å²) in [7, 11) is -2.33. The topological polar surface area (TPSA) is 63.4 Å². The number of hydrogen-bond donors (Lipinski definition) is 1. The molecule has 0 aliphatic rings. The van der Waals surface area contributed by atoms with E-state index in [9.17, 15) is 12.8 Å². The van der Waals surface area contributed by atoms with E-state index in [2.05, 4.69) is 0 Å². The Hall–Kier alpha value is -0.690. The summed E-state index contributed by atoms with van der Waals surface area (Å²) in [5, 5.41) is -0.136. The molecule has 0 radical (unpaired) electrons. The Morgan fingerprint density at radius 2 is 1.90 bits per heavy atom. The SMILES string of the molecule is CC(N(C)S(=O)(=O)c1cc(F)c(Cl)c(CN)c1)C(C)(C)C. The van der Waals surface area contributed by atoms with Crippen LogP contribution in [0.25, 0.3) is 0 Å². The zero-order chi connectivity index (χ0) is 16.6. The van der Waals surface area contributed by atoms with Gasteiger partial charge in [0.2, 0.25) is 10.0 Å². The normalized spacial score (nSPS) is 14.5. The monoisotopic (exact) mass is 336 g/mol. The number of benzene rings is 1. The predicted molar refractivity (Wildman–Crippen MR) is 83.2 cm³/mol. The van der Waals surface area contributed by atoms with Crippen LogP contribution in [-0.2, 0) is 16.6 Å². The van der Waals surface area contributed by atoms with Crippen LogP contribution in [0.5, 0.6) is 0 Å². The van der Waals surface area contributed by atoms with Crippen LogP contribution in [0.15, 0.2) is 17.0 Å². The van der Waals surface area contributed by atoms with Gasteiger partial charge >= 0.3 is 0 Å². The highest BCUT2D eigenvalue weighted by Crippen LogP contribution is 2.30. The summed E-state index contributed by atoms with van der Waals surface area (Å²) in [6.07, 6.45) is 0. The highest BCUT2D eigenvalue weighted by Gasteiger charge is 2.33. The van der Waals surface area contributed by atoms with E-state index in [0.717, 1.165) is 6.07 Å². The van der Waals surface area contributed by atoms with Crippen molar-refractivity contribution in [1.82, 2.24) is 4.31 Å².